The van der Waals surface area contributed by atoms with Crippen LogP contribution in [0.15, 0.2) is 50.5 Å². The van der Waals surface area contributed by atoms with Crippen LogP contribution in [-0.4, -0.2) is 13.0 Å². The molecular weight excluding hydrogens is 390 g/mol. The van der Waals surface area contributed by atoms with Gasteiger partial charge in [-0.2, -0.15) is 0 Å². The molecule has 1 heterocycles. The maximum absolute atomic E-state index is 12.9. The zero-order valence-electron chi connectivity index (χ0n) is 14.6. The largest absolute Gasteiger partial charge is 0.419 e. The summed E-state index contributed by atoms with van der Waals surface area (Å²) in [6.45, 7) is 0. The highest BCUT2D eigenvalue weighted by Crippen LogP contribution is 2.32. The fraction of sp³-hybridized carbons (Fsp3) is 0.278. The van der Waals surface area contributed by atoms with Crippen LogP contribution < -0.4 is 16.2 Å². The summed E-state index contributed by atoms with van der Waals surface area (Å²) in [5.74, 6) is -0.527. The Kier molecular flexibility index (Phi) is 5.07. The first-order chi connectivity index (χ1) is 12.3. The molecule has 2 aromatic carbocycles. The molecule has 3 aromatic rings. The van der Waals surface area contributed by atoms with E-state index in [0.29, 0.717) is 11.2 Å². The quantitative estimate of drug-likeness (QED) is 0.646. The van der Waals surface area contributed by atoms with Gasteiger partial charge in [0.1, 0.15) is 0 Å². The van der Waals surface area contributed by atoms with Gasteiger partial charge in [-0.3, -0.25) is 4.57 Å². The zero-order valence-corrected chi connectivity index (χ0v) is 16.3. The number of halogens is 1. The molecule has 0 spiro atoms. The summed E-state index contributed by atoms with van der Waals surface area (Å²) in [5, 5.41) is 0. The minimum atomic E-state index is -3.76. The topological polar surface area (TPSA) is 107 Å². The number of rotatable bonds is 3. The van der Waals surface area contributed by atoms with Crippen LogP contribution in [0.1, 0.15) is 30.0 Å². The third-order valence-electron chi connectivity index (χ3n) is 4.85. The summed E-state index contributed by atoms with van der Waals surface area (Å²) in [4.78, 5) is 11.7. The monoisotopic (exact) mass is 409 g/mol. The highest BCUT2D eigenvalue weighted by atomic mass is 35.5. The number of nitrogens with one attached hydrogen (secondary N) is 1. The number of nitrogen functional groups attached to an aromatic ring is 1. The van der Waals surface area contributed by atoms with Gasteiger partial charge in [0.25, 0.3) is 0 Å². The van der Waals surface area contributed by atoms with E-state index in [1.165, 1.54) is 16.7 Å². The number of hydrogen-bond acceptors (Lipinski definition) is 5. The summed E-state index contributed by atoms with van der Waals surface area (Å²) in [6, 6.07) is 9.71. The van der Waals surface area contributed by atoms with Crippen molar-refractivity contribution in [1.82, 2.24) is 9.29 Å². The van der Waals surface area contributed by atoms with Gasteiger partial charge in [0.05, 0.1) is 10.4 Å². The summed E-state index contributed by atoms with van der Waals surface area (Å²) in [5.41, 5.74) is 9.35. The second kappa shape index (κ2) is 7.03. The maximum atomic E-state index is 12.9. The predicted molar refractivity (Wildman–Crippen MR) is 106 cm³/mol. The van der Waals surface area contributed by atoms with Gasteiger partial charge in [-0.1, -0.05) is 6.07 Å². The number of benzene rings is 2. The lowest BCUT2D eigenvalue weighted by atomic mass is 9.88. The molecule has 1 aliphatic carbocycles. The van der Waals surface area contributed by atoms with Gasteiger partial charge in [0.15, 0.2) is 5.58 Å². The normalized spacial score (nSPS) is 16.7. The van der Waals surface area contributed by atoms with Crippen molar-refractivity contribution in [1.29, 1.82) is 0 Å². The summed E-state index contributed by atoms with van der Waals surface area (Å²) in [7, 11) is -2.19. The third-order valence-corrected chi connectivity index (χ3v) is 6.32. The Hall–Kier alpha value is -2.29. The number of fused-ring (bicyclic) bond motifs is 2. The van der Waals surface area contributed by atoms with Crippen LogP contribution in [0.2, 0.25) is 0 Å². The number of nitrogens with zero attached hydrogens (tertiary/aromatic N) is 1. The summed E-state index contributed by atoms with van der Waals surface area (Å²) in [6.07, 6.45) is 2.49. The average molecular weight is 410 g/mol. The summed E-state index contributed by atoms with van der Waals surface area (Å²) < 4.78 is 34.9. The predicted octanol–water partition coefficient (Wildman–Crippen LogP) is 2.49. The standard InChI is InChI=1S/C18H19N3O4S.ClH/c1-21-16-8-6-13(10-17(16)25-18(21)22)26(23,24)20-15-4-2-3-11-9-12(19)5-7-14(11)15;/h5-10,15,20H,2-4,19H2,1H3;1H. The number of sulfonamides is 1. The van der Waals surface area contributed by atoms with E-state index in [9.17, 15) is 13.2 Å². The fourth-order valence-corrected chi connectivity index (χ4v) is 4.76. The minimum absolute atomic E-state index is 0. The molecule has 1 aliphatic rings. The molecule has 0 radical (unpaired) electrons. The molecule has 27 heavy (non-hydrogen) atoms. The van der Waals surface area contributed by atoms with E-state index in [4.69, 9.17) is 10.2 Å². The second-order valence-corrected chi connectivity index (χ2v) is 8.29. The SMILES string of the molecule is Cl.Cn1c(=O)oc2cc(S(=O)(=O)NC3CCCc4cc(N)ccc43)ccc21. The molecule has 9 heteroatoms. The smallest absolute Gasteiger partial charge is 0.408 e. The maximum Gasteiger partial charge on any atom is 0.419 e. The minimum Gasteiger partial charge on any atom is -0.408 e. The van der Waals surface area contributed by atoms with Crippen LogP contribution >= 0.6 is 12.4 Å². The van der Waals surface area contributed by atoms with Crippen LogP contribution in [0.4, 0.5) is 5.69 Å². The van der Waals surface area contributed by atoms with Crippen LogP contribution in [0.25, 0.3) is 11.1 Å². The van der Waals surface area contributed by atoms with Crippen molar-refractivity contribution >= 4 is 39.2 Å². The fourth-order valence-electron chi connectivity index (χ4n) is 3.49. The Morgan fingerprint density at radius 2 is 2.00 bits per heavy atom. The van der Waals surface area contributed by atoms with Crippen molar-refractivity contribution in [3.63, 3.8) is 0 Å². The first-order valence-electron chi connectivity index (χ1n) is 8.35. The zero-order chi connectivity index (χ0) is 18.5. The van der Waals surface area contributed by atoms with Crippen LogP contribution in [-0.2, 0) is 23.5 Å². The van der Waals surface area contributed by atoms with E-state index in [2.05, 4.69) is 4.72 Å². The first-order valence-corrected chi connectivity index (χ1v) is 9.84. The lowest BCUT2D eigenvalue weighted by Crippen LogP contribution is -2.31. The van der Waals surface area contributed by atoms with Crippen molar-refractivity contribution in [2.24, 2.45) is 7.05 Å². The van der Waals surface area contributed by atoms with Crippen molar-refractivity contribution in [2.75, 3.05) is 5.73 Å². The lowest BCUT2D eigenvalue weighted by Gasteiger charge is -2.26. The van der Waals surface area contributed by atoms with Gasteiger partial charge in [-0.05, 0) is 54.7 Å². The summed E-state index contributed by atoms with van der Waals surface area (Å²) >= 11 is 0. The van der Waals surface area contributed by atoms with E-state index in [-0.39, 0.29) is 28.9 Å². The van der Waals surface area contributed by atoms with E-state index in [1.807, 2.05) is 12.1 Å². The molecule has 0 saturated carbocycles. The van der Waals surface area contributed by atoms with Crippen LogP contribution in [0.5, 0.6) is 0 Å². The molecular formula is C18H20ClN3O4S. The Balaban J connectivity index is 0.00000210. The Morgan fingerprint density at radius 3 is 2.78 bits per heavy atom. The third kappa shape index (κ3) is 3.47. The highest BCUT2D eigenvalue weighted by molar-refractivity contribution is 7.89. The van der Waals surface area contributed by atoms with Gasteiger partial charge < -0.3 is 10.2 Å². The molecule has 0 amide bonds. The van der Waals surface area contributed by atoms with Crippen LogP contribution in [0, 0.1) is 0 Å². The number of hydrogen-bond donors (Lipinski definition) is 2. The van der Waals surface area contributed by atoms with Crippen LogP contribution in [0.3, 0.4) is 0 Å². The van der Waals surface area contributed by atoms with Gasteiger partial charge in [0.2, 0.25) is 10.0 Å². The highest BCUT2D eigenvalue weighted by Gasteiger charge is 2.26. The molecule has 0 aliphatic heterocycles. The molecule has 4 rings (SSSR count). The Morgan fingerprint density at radius 1 is 1.22 bits per heavy atom. The average Bonchev–Trinajstić information content (AvgIpc) is 2.88. The van der Waals surface area contributed by atoms with E-state index in [1.54, 1.807) is 19.2 Å². The molecule has 0 saturated heterocycles. The molecule has 0 bridgehead atoms. The number of oxazole rings is 1. The molecule has 144 valence electrons. The Bertz CT molecular complexity index is 1170. The van der Waals surface area contributed by atoms with Crippen molar-refractivity contribution in [3.05, 3.63) is 58.1 Å². The van der Waals surface area contributed by atoms with Crippen molar-refractivity contribution in [2.45, 2.75) is 30.2 Å². The Labute approximate surface area is 162 Å². The number of nitrogens with two attached hydrogens (primary N) is 1. The number of aryl methyl sites for hydroxylation is 2. The molecule has 1 atom stereocenters. The van der Waals surface area contributed by atoms with Crippen molar-refractivity contribution in [3.8, 4) is 0 Å². The first kappa shape index (κ1) is 19.5. The number of aromatic nitrogens is 1. The van der Waals surface area contributed by atoms with Gasteiger partial charge in [-0.15, -0.1) is 12.4 Å². The second-order valence-electron chi connectivity index (χ2n) is 6.58. The molecule has 0 fully saturated rings. The van der Waals surface area contributed by atoms with Gasteiger partial charge in [-0.25, -0.2) is 17.9 Å². The van der Waals surface area contributed by atoms with Gasteiger partial charge >= 0.3 is 5.76 Å². The van der Waals surface area contributed by atoms with E-state index < -0.39 is 15.8 Å². The lowest BCUT2D eigenvalue weighted by molar-refractivity contribution is 0.507. The molecule has 3 N–H and O–H groups in total. The molecule has 7 nitrogen and oxygen atoms in total. The van der Waals surface area contributed by atoms with E-state index in [0.717, 1.165) is 30.4 Å². The van der Waals surface area contributed by atoms with E-state index >= 15 is 0 Å². The number of anilines is 1. The van der Waals surface area contributed by atoms with Gasteiger partial charge in [0, 0.05) is 24.8 Å². The van der Waals surface area contributed by atoms with Crippen molar-refractivity contribution < 1.29 is 12.8 Å². The molecule has 1 aromatic heterocycles. The molecule has 1 unspecified atom stereocenters.